The number of hydroxylamine groups is 1. The molecule has 2 fully saturated rings. The van der Waals surface area contributed by atoms with Crippen LogP contribution in [0.2, 0.25) is 5.02 Å². The maximum Gasteiger partial charge on any atom is 0.266 e. The zero-order valence-electron chi connectivity index (χ0n) is 17.8. The topological polar surface area (TPSA) is 59.1 Å². The molecule has 3 aromatic carbocycles. The lowest BCUT2D eigenvalue weighted by atomic mass is 9.95. The van der Waals surface area contributed by atoms with E-state index in [1.165, 1.54) is 4.90 Å². The summed E-state index contributed by atoms with van der Waals surface area (Å²) >= 11 is 5.98. The smallest absolute Gasteiger partial charge is 0.266 e. The molecule has 0 aliphatic carbocycles. The molecule has 33 heavy (non-hydrogen) atoms. The first-order chi connectivity index (χ1) is 16.1. The number of nitrogens with zero attached hydrogens (tertiary/aromatic N) is 2. The Bertz CT molecular complexity index is 1200. The van der Waals surface area contributed by atoms with E-state index in [1.807, 2.05) is 66.7 Å². The second-order valence-corrected chi connectivity index (χ2v) is 8.26. The number of carbonyl (C=O) groups is 2. The van der Waals surface area contributed by atoms with Crippen molar-refractivity contribution in [3.8, 4) is 5.75 Å². The van der Waals surface area contributed by atoms with Crippen LogP contribution < -0.4 is 14.7 Å². The number of para-hydroxylation sites is 1. The summed E-state index contributed by atoms with van der Waals surface area (Å²) in [7, 11) is 1.62. The monoisotopic (exact) mass is 460 g/mol. The quantitative estimate of drug-likeness (QED) is 0.515. The van der Waals surface area contributed by atoms with E-state index >= 15 is 0 Å². The number of benzene rings is 3. The molecule has 5 rings (SSSR count). The summed E-state index contributed by atoms with van der Waals surface area (Å²) in [5.74, 6) is -0.593. The lowest BCUT2D eigenvalue weighted by Crippen LogP contribution is -2.39. The van der Waals surface area contributed by atoms with Crippen LogP contribution in [0.1, 0.15) is 5.56 Å². The number of methoxy groups -OCH3 is 1. The van der Waals surface area contributed by atoms with E-state index in [2.05, 4.69) is 0 Å². The summed E-state index contributed by atoms with van der Waals surface area (Å²) in [6.07, 6.45) is 2.93. The third-order valence-corrected chi connectivity index (χ3v) is 6.11. The number of ether oxygens (including phenoxy) is 1. The first kappa shape index (κ1) is 21.2. The van der Waals surface area contributed by atoms with E-state index in [0.29, 0.717) is 10.7 Å². The maximum atomic E-state index is 13.5. The summed E-state index contributed by atoms with van der Waals surface area (Å²) < 4.78 is 5.22. The van der Waals surface area contributed by atoms with Gasteiger partial charge in [-0.1, -0.05) is 54.1 Å². The van der Waals surface area contributed by atoms with Crippen LogP contribution in [-0.2, 0) is 14.4 Å². The zero-order valence-corrected chi connectivity index (χ0v) is 18.6. The molecule has 3 aromatic rings. The molecule has 7 heteroatoms. The predicted molar refractivity (Wildman–Crippen MR) is 127 cm³/mol. The fourth-order valence-corrected chi connectivity index (χ4v) is 4.34. The fourth-order valence-electron chi connectivity index (χ4n) is 4.22. The number of anilines is 2. The standard InChI is InChI=1S/C26H21ClN2O4/c1-32-21-14-7-17(8-15-21)9-16-22-23-24(33-29(22)20-5-3-2-4-6-20)26(31)28(25(23)30)19-12-10-18(27)11-13-19/h2-16,22-24H,1H3/b16-9+/t22?,23-,24+/m0/s1. The Morgan fingerprint density at radius 3 is 2.24 bits per heavy atom. The van der Waals surface area contributed by atoms with Crippen LogP contribution in [-0.4, -0.2) is 31.1 Å². The van der Waals surface area contributed by atoms with Gasteiger partial charge in [0.15, 0.2) is 6.10 Å². The van der Waals surface area contributed by atoms with Gasteiger partial charge >= 0.3 is 0 Å². The molecule has 3 atom stereocenters. The molecule has 1 unspecified atom stereocenters. The van der Waals surface area contributed by atoms with Crippen molar-refractivity contribution in [3.05, 3.63) is 95.5 Å². The molecule has 2 heterocycles. The number of imide groups is 1. The van der Waals surface area contributed by atoms with Gasteiger partial charge in [-0.2, -0.15) is 0 Å². The Balaban J connectivity index is 1.49. The van der Waals surface area contributed by atoms with E-state index < -0.39 is 18.1 Å². The predicted octanol–water partition coefficient (Wildman–Crippen LogP) is 4.74. The van der Waals surface area contributed by atoms with Crippen LogP contribution in [0.3, 0.4) is 0 Å². The third-order valence-electron chi connectivity index (χ3n) is 5.86. The third kappa shape index (κ3) is 3.88. The van der Waals surface area contributed by atoms with Gasteiger partial charge in [0.25, 0.3) is 5.91 Å². The molecule has 2 aliphatic rings. The van der Waals surface area contributed by atoms with Gasteiger partial charge in [0.05, 0.1) is 24.5 Å². The number of amides is 2. The zero-order chi connectivity index (χ0) is 22.9. The minimum Gasteiger partial charge on any atom is -0.497 e. The van der Waals surface area contributed by atoms with Crippen molar-refractivity contribution in [2.75, 3.05) is 17.1 Å². The molecule has 0 saturated carbocycles. The first-order valence-corrected chi connectivity index (χ1v) is 10.9. The van der Waals surface area contributed by atoms with Crippen molar-refractivity contribution in [2.24, 2.45) is 5.92 Å². The van der Waals surface area contributed by atoms with E-state index in [9.17, 15) is 9.59 Å². The molecular formula is C26H21ClN2O4. The number of hydrogen-bond donors (Lipinski definition) is 0. The number of fused-ring (bicyclic) bond motifs is 1. The van der Waals surface area contributed by atoms with Gasteiger partial charge in [-0.15, -0.1) is 0 Å². The van der Waals surface area contributed by atoms with Crippen molar-refractivity contribution >= 4 is 40.9 Å². The van der Waals surface area contributed by atoms with Gasteiger partial charge in [0.1, 0.15) is 11.7 Å². The van der Waals surface area contributed by atoms with Gasteiger partial charge in [0.2, 0.25) is 5.91 Å². The molecule has 0 radical (unpaired) electrons. The van der Waals surface area contributed by atoms with Gasteiger partial charge in [0, 0.05) is 5.02 Å². The number of hydrogen-bond acceptors (Lipinski definition) is 5. The molecule has 2 amide bonds. The largest absolute Gasteiger partial charge is 0.497 e. The van der Waals surface area contributed by atoms with Crippen LogP contribution in [0, 0.1) is 5.92 Å². The molecule has 0 aromatic heterocycles. The first-order valence-electron chi connectivity index (χ1n) is 10.5. The van der Waals surface area contributed by atoms with E-state index in [0.717, 1.165) is 17.0 Å². The van der Waals surface area contributed by atoms with Crippen molar-refractivity contribution in [1.82, 2.24) is 0 Å². The summed E-state index contributed by atoms with van der Waals surface area (Å²) in [6.45, 7) is 0. The Labute approximate surface area is 196 Å². The van der Waals surface area contributed by atoms with E-state index in [4.69, 9.17) is 21.2 Å². The molecule has 0 bridgehead atoms. The van der Waals surface area contributed by atoms with Crippen molar-refractivity contribution in [3.63, 3.8) is 0 Å². The Hall–Kier alpha value is -3.61. The van der Waals surface area contributed by atoms with Crippen molar-refractivity contribution in [1.29, 1.82) is 0 Å². The van der Waals surface area contributed by atoms with Crippen LogP contribution in [0.5, 0.6) is 5.75 Å². The average Bonchev–Trinajstić information content (AvgIpc) is 3.35. The van der Waals surface area contributed by atoms with Crippen LogP contribution in [0.25, 0.3) is 6.08 Å². The van der Waals surface area contributed by atoms with Gasteiger partial charge in [-0.25, -0.2) is 9.96 Å². The Morgan fingerprint density at radius 2 is 1.58 bits per heavy atom. The highest BCUT2D eigenvalue weighted by Crippen LogP contribution is 2.41. The minimum atomic E-state index is -0.904. The number of rotatable bonds is 5. The van der Waals surface area contributed by atoms with E-state index in [1.54, 1.807) is 36.4 Å². The molecule has 2 saturated heterocycles. The lowest BCUT2D eigenvalue weighted by Gasteiger charge is -2.26. The highest BCUT2D eigenvalue weighted by Gasteiger charge is 2.59. The molecule has 2 aliphatic heterocycles. The molecule has 6 nitrogen and oxygen atoms in total. The van der Waals surface area contributed by atoms with Gasteiger partial charge in [-0.05, 0) is 54.1 Å². The molecular weight excluding hydrogens is 440 g/mol. The fraction of sp³-hybridized carbons (Fsp3) is 0.154. The summed E-state index contributed by atoms with van der Waals surface area (Å²) in [4.78, 5) is 34.0. The van der Waals surface area contributed by atoms with Crippen LogP contribution in [0.4, 0.5) is 11.4 Å². The number of carbonyl (C=O) groups excluding carboxylic acids is 2. The Morgan fingerprint density at radius 1 is 0.879 bits per heavy atom. The van der Waals surface area contributed by atoms with Crippen LogP contribution in [0.15, 0.2) is 84.9 Å². The highest BCUT2D eigenvalue weighted by atomic mass is 35.5. The highest BCUT2D eigenvalue weighted by molar-refractivity contribution is 6.31. The maximum absolute atomic E-state index is 13.5. The van der Waals surface area contributed by atoms with Gasteiger partial charge < -0.3 is 4.74 Å². The molecule has 0 N–H and O–H groups in total. The van der Waals surface area contributed by atoms with Gasteiger partial charge in [-0.3, -0.25) is 14.4 Å². The lowest BCUT2D eigenvalue weighted by molar-refractivity contribution is -0.126. The van der Waals surface area contributed by atoms with E-state index in [-0.39, 0.29) is 11.8 Å². The second-order valence-electron chi connectivity index (χ2n) is 7.82. The minimum absolute atomic E-state index is 0.296. The SMILES string of the molecule is COc1ccc(/C=C/C2[C@@H]3C(=O)N(c4ccc(Cl)cc4)C(=O)[C@@H]3ON2c2ccccc2)cc1. The summed E-state index contributed by atoms with van der Waals surface area (Å²) in [5.41, 5.74) is 2.20. The molecule has 166 valence electrons. The molecule has 0 spiro atoms. The normalized spacial score (nSPS) is 22.3. The average molecular weight is 461 g/mol. The number of halogens is 1. The second kappa shape index (κ2) is 8.73. The van der Waals surface area contributed by atoms with Crippen molar-refractivity contribution < 1.29 is 19.2 Å². The summed E-state index contributed by atoms with van der Waals surface area (Å²) in [6, 6.07) is 23.2. The van der Waals surface area contributed by atoms with Crippen LogP contribution >= 0.6 is 11.6 Å². The Kier molecular flexibility index (Phi) is 5.62. The van der Waals surface area contributed by atoms with Crippen molar-refractivity contribution in [2.45, 2.75) is 12.1 Å². The summed E-state index contributed by atoms with van der Waals surface area (Å²) in [5, 5.41) is 2.19.